The molecule has 1 aromatic carbocycles. The van der Waals surface area contributed by atoms with Gasteiger partial charge in [-0.25, -0.2) is 9.78 Å². The number of fused-ring (bicyclic) bond motifs is 1. The molecule has 0 spiro atoms. The molecule has 8 nitrogen and oxygen atoms in total. The maximum absolute atomic E-state index is 12.9. The average Bonchev–Trinajstić information content (AvgIpc) is 2.59. The molecule has 0 bridgehead atoms. The predicted molar refractivity (Wildman–Crippen MR) is 108 cm³/mol. The van der Waals surface area contributed by atoms with E-state index >= 15 is 0 Å². The molecule has 0 saturated heterocycles. The van der Waals surface area contributed by atoms with Crippen LogP contribution in [0.1, 0.15) is 38.1 Å². The van der Waals surface area contributed by atoms with Gasteiger partial charge in [0.25, 0.3) is 5.56 Å². The zero-order valence-corrected chi connectivity index (χ0v) is 17.4. The summed E-state index contributed by atoms with van der Waals surface area (Å²) in [6.07, 6.45) is -0.769. The van der Waals surface area contributed by atoms with E-state index in [1.165, 1.54) is 29.9 Å². The van der Waals surface area contributed by atoms with Crippen molar-refractivity contribution >= 4 is 34.5 Å². The van der Waals surface area contributed by atoms with Crippen LogP contribution in [0.5, 0.6) is 0 Å². The van der Waals surface area contributed by atoms with Crippen molar-refractivity contribution in [1.29, 1.82) is 0 Å². The fourth-order valence-corrected chi connectivity index (χ4v) is 3.37. The quantitative estimate of drug-likeness (QED) is 0.425. The molecule has 0 aliphatic carbocycles. The van der Waals surface area contributed by atoms with E-state index in [0.717, 1.165) is 11.8 Å². The Kier molecular flexibility index (Phi) is 6.84. The maximum Gasteiger partial charge on any atom is 0.337 e. The van der Waals surface area contributed by atoms with E-state index in [2.05, 4.69) is 10.3 Å². The lowest BCUT2D eigenvalue weighted by Crippen LogP contribution is -2.41. The van der Waals surface area contributed by atoms with Crippen molar-refractivity contribution in [2.24, 2.45) is 0 Å². The molecule has 0 unspecified atom stereocenters. The number of methoxy groups -OCH3 is 1. The summed E-state index contributed by atoms with van der Waals surface area (Å²) in [6, 6.07) is 4.48. The van der Waals surface area contributed by atoms with Crippen molar-refractivity contribution in [3.63, 3.8) is 0 Å². The molecule has 0 radical (unpaired) electrons. The molecule has 152 valence electrons. The van der Waals surface area contributed by atoms with Crippen molar-refractivity contribution < 1.29 is 19.4 Å². The minimum absolute atomic E-state index is 0.0454. The van der Waals surface area contributed by atoms with E-state index in [0.29, 0.717) is 16.1 Å². The van der Waals surface area contributed by atoms with Crippen molar-refractivity contribution in [2.45, 2.75) is 51.0 Å². The van der Waals surface area contributed by atoms with Crippen LogP contribution >= 0.6 is 11.8 Å². The van der Waals surface area contributed by atoms with Crippen LogP contribution in [0, 0.1) is 0 Å². The van der Waals surface area contributed by atoms with Gasteiger partial charge in [-0.15, -0.1) is 0 Å². The fourth-order valence-electron chi connectivity index (χ4n) is 2.57. The van der Waals surface area contributed by atoms with Crippen molar-refractivity contribution in [1.82, 2.24) is 14.9 Å². The first-order valence-electron chi connectivity index (χ1n) is 8.76. The van der Waals surface area contributed by atoms with Crippen molar-refractivity contribution in [3.8, 4) is 0 Å². The molecule has 1 amide bonds. The first kappa shape index (κ1) is 21.9. The topological polar surface area (TPSA) is 111 Å². The van der Waals surface area contributed by atoms with Gasteiger partial charge in [-0.1, -0.05) is 11.8 Å². The van der Waals surface area contributed by atoms with Crippen LogP contribution in [-0.2, 0) is 16.1 Å². The molecule has 1 aromatic heterocycles. The molecule has 1 heterocycles. The number of nitrogens with one attached hydrogen (secondary N) is 1. The molecule has 0 fully saturated rings. The van der Waals surface area contributed by atoms with Gasteiger partial charge in [-0.05, 0) is 45.9 Å². The second-order valence-corrected chi connectivity index (χ2v) is 8.41. The molecule has 2 aromatic rings. The summed E-state index contributed by atoms with van der Waals surface area (Å²) in [4.78, 5) is 41.3. The molecule has 0 aliphatic heterocycles. The van der Waals surface area contributed by atoms with Crippen molar-refractivity contribution in [3.05, 3.63) is 34.1 Å². The smallest absolute Gasteiger partial charge is 0.337 e. The summed E-state index contributed by atoms with van der Waals surface area (Å²) in [6.45, 7) is 7.24. The van der Waals surface area contributed by atoms with E-state index in [1.54, 1.807) is 6.92 Å². The van der Waals surface area contributed by atoms with Gasteiger partial charge in [-0.3, -0.25) is 14.2 Å². The molecule has 0 aliphatic rings. The Morgan fingerprint density at radius 1 is 1.36 bits per heavy atom. The Hall–Kier alpha value is -2.39. The van der Waals surface area contributed by atoms with E-state index in [-0.39, 0.29) is 34.9 Å². The second-order valence-electron chi connectivity index (χ2n) is 7.47. The molecular weight excluding hydrogens is 382 g/mol. The summed E-state index contributed by atoms with van der Waals surface area (Å²) in [5, 5.41) is 13.2. The van der Waals surface area contributed by atoms with Gasteiger partial charge < -0.3 is 15.2 Å². The number of benzene rings is 1. The highest BCUT2D eigenvalue weighted by Crippen LogP contribution is 2.20. The van der Waals surface area contributed by atoms with E-state index < -0.39 is 12.1 Å². The minimum atomic E-state index is -0.769. The Labute approximate surface area is 167 Å². The standard InChI is InChI=1S/C19H25N3O5S/c1-11(23)9-22-16(25)13-7-6-12(17(26)27-5)8-14(13)20-18(22)28-10-15(24)21-19(2,3)4/h6-8,11,23H,9-10H2,1-5H3,(H,21,24)/t11-/m0/s1. The van der Waals surface area contributed by atoms with Gasteiger partial charge in [0.1, 0.15) is 0 Å². The third-order valence-electron chi connectivity index (χ3n) is 3.63. The van der Waals surface area contributed by atoms with Gasteiger partial charge in [-0.2, -0.15) is 0 Å². The number of ether oxygens (including phenoxy) is 1. The number of thioether (sulfide) groups is 1. The van der Waals surface area contributed by atoms with Gasteiger partial charge >= 0.3 is 5.97 Å². The highest BCUT2D eigenvalue weighted by molar-refractivity contribution is 7.99. The number of carbonyl (C=O) groups excluding carboxylic acids is 2. The van der Waals surface area contributed by atoms with Crippen LogP contribution in [0.2, 0.25) is 0 Å². The zero-order valence-electron chi connectivity index (χ0n) is 16.6. The maximum atomic E-state index is 12.9. The summed E-state index contributed by atoms with van der Waals surface area (Å²) in [5.41, 5.74) is -0.116. The molecule has 0 saturated carbocycles. The van der Waals surface area contributed by atoms with Gasteiger partial charge in [0.2, 0.25) is 5.91 Å². The number of nitrogens with zero attached hydrogens (tertiary/aromatic N) is 2. The third kappa shape index (κ3) is 5.56. The normalized spacial score (nSPS) is 12.6. The van der Waals surface area contributed by atoms with Crippen molar-refractivity contribution in [2.75, 3.05) is 12.9 Å². The lowest BCUT2D eigenvalue weighted by atomic mass is 10.1. The lowest BCUT2D eigenvalue weighted by Gasteiger charge is -2.20. The summed E-state index contributed by atoms with van der Waals surface area (Å²) >= 11 is 1.10. The molecule has 2 rings (SSSR count). The van der Waals surface area contributed by atoms with Gasteiger partial charge in [0.05, 0.1) is 42.0 Å². The predicted octanol–water partition coefficient (Wildman–Crippen LogP) is 1.57. The average molecular weight is 407 g/mol. The van der Waals surface area contributed by atoms with E-state index in [4.69, 9.17) is 4.74 Å². The zero-order chi connectivity index (χ0) is 21.1. The molecule has 28 heavy (non-hydrogen) atoms. The highest BCUT2D eigenvalue weighted by atomic mass is 32.2. The summed E-state index contributed by atoms with van der Waals surface area (Å²) in [7, 11) is 1.27. The first-order chi connectivity index (χ1) is 13.0. The molecule has 9 heteroatoms. The van der Waals surface area contributed by atoms with E-state index in [9.17, 15) is 19.5 Å². The number of rotatable bonds is 6. The number of hydrogen-bond donors (Lipinski definition) is 2. The number of amides is 1. The van der Waals surface area contributed by atoms with Crippen LogP contribution in [-0.4, -0.2) is 51.0 Å². The first-order valence-corrected chi connectivity index (χ1v) is 9.75. The molecule has 1 atom stereocenters. The number of aromatic nitrogens is 2. The largest absolute Gasteiger partial charge is 0.465 e. The number of esters is 1. The molecular formula is C19H25N3O5S. The number of aliphatic hydroxyl groups is 1. The second kappa shape index (κ2) is 8.74. The highest BCUT2D eigenvalue weighted by Gasteiger charge is 2.18. The Balaban J connectivity index is 2.46. The molecule has 2 N–H and O–H groups in total. The van der Waals surface area contributed by atoms with E-state index in [1.807, 2.05) is 20.8 Å². The lowest BCUT2D eigenvalue weighted by molar-refractivity contribution is -0.119. The number of aliphatic hydroxyl groups excluding tert-OH is 1. The van der Waals surface area contributed by atoms with Crippen LogP contribution in [0.25, 0.3) is 10.9 Å². The monoisotopic (exact) mass is 407 g/mol. The Morgan fingerprint density at radius 3 is 2.61 bits per heavy atom. The van der Waals surface area contributed by atoms with Crippen LogP contribution in [0.4, 0.5) is 0 Å². The van der Waals surface area contributed by atoms with Crippen LogP contribution in [0.15, 0.2) is 28.2 Å². The summed E-state index contributed by atoms with van der Waals surface area (Å²) < 4.78 is 6.05. The van der Waals surface area contributed by atoms with Gasteiger partial charge in [0, 0.05) is 5.54 Å². The number of carbonyl (C=O) groups is 2. The van der Waals surface area contributed by atoms with Crippen LogP contribution in [0.3, 0.4) is 0 Å². The summed E-state index contributed by atoms with van der Waals surface area (Å²) in [5.74, 6) is -0.666. The number of hydrogen-bond acceptors (Lipinski definition) is 7. The Morgan fingerprint density at radius 2 is 2.04 bits per heavy atom. The van der Waals surface area contributed by atoms with Gasteiger partial charge in [0.15, 0.2) is 5.16 Å². The minimum Gasteiger partial charge on any atom is -0.465 e. The SMILES string of the molecule is COC(=O)c1ccc2c(=O)n(C[C@H](C)O)c(SCC(=O)NC(C)(C)C)nc2c1. The fraction of sp³-hybridized carbons (Fsp3) is 0.474. The van der Waals surface area contributed by atoms with Crippen LogP contribution < -0.4 is 10.9 Å². The third-order valence-corrected chi connectivity index (χ3v) is 4.61. The Bertz CT molecular complexity index is 947.